The van der Waals surface area contributed by atoms with E-state index in [4.69, 9.17) is 4.42 Å². The number of hydrogen-bond donors (Lipinski definition) is 1. The predicted molar refractivity (Wildman–Crippen MR) is 90.6 cm³/mol. The average molecular weight is 380 g/mol. The lowest BCUT2D eigenvalue weighted by Crippen LogP contribution is -2.42. The topological polar surface area (TPSA) is 62.6 Å². The van der Waals surface area contributed by atoms with Crippen molar-refractivity contribution in [3.63, 3.8) is 0 Å². The summed E-state index contributed by atoms with van der Waals surface area (Å²) in [6.45, 7) is 1.08. The van der Waals surface area contributed by atoms with Crippen molar-refractivity contribution in [1.29, 1.82) is 0 Å². The van der Waals surface area contributed by atoms with E-state index in [1.807, 2.05) is 0 Å². The minimum atomic E-state index is -4.37. The van der Waals surface area contributed by atoms with Crippen LogP contribution in [-0.2, 0) is 17.5 Å². The van der Waals surface area contributed by atoms with E-state index in [0.29, 0.717) is 31.5 Å². The fraction of sp³-hybridized carbons (Fsp3) is 0.368. The lowest BCUT2D eigenvalue weighted by Gasteiger charge is -2.30. The van der Waals surface area contributed by atoms with Crippen molar-refractivity contribution in [2.75, 3.05) is 13.1 Å². The number of carbonyl (C=O) groups excluding carboxylic acids is 2. The summed E-state index contributed by atoms with van der Waals surface area (Å²) >= 11 is 0. The molecule has 0 aliphatic carbocycles. The van der Waals surface area contributed by atoms with E-state index in [9.17, 15) is 22.8 Å². The Morgan fingerprint density at radius 1 is 1.11 bits per heavy atom. The van der Waals surface area contributed by atoms with Gasteiger partial charge in [-0.25, -0.2) is 0 Å². The van der Waals surface area contributed by atoms with Crippen LogP contribution < -0.4 is 5.32 Å². The van der Waals surface area contributed by atoms with Crippen LogP contribution in [0.3, 0.4) is 0 Å². The van der Waals surface area contributed by atoms with Gasteiger partial charge in [0.2, 0.25) is 5.91 Å². The van der Waals surface area contributed by atoms with Gasteiger partial charge in [0.25, 0.3) is 5.91 Å². The second-order valence-corrected chi connectivity index (χ2v) is 6.46. The fourth-order valence-electron chi connectivity index (χ4n) is 3.05. The molecule has 0 atom stereocenters. The number of alkyl halides is 3. The number of hydrogen-bond acceptors (Lipinski definition) is 3. The second kappa shape index (κ2) is 7.85. The Bertz CT molecular complexity index is 778. The molecule has 1 aromatic heterocycles. The van der Waals surface area contributed by atoms with Gasteiger partial charge in [0.05, 0.1) is 11.8 Å². The van der Waals surface area contributed by atoms with E-state index in [2.05, 4.69) is 5.32 Å². The molecular weight excluding hydrogens is 361 g/mol. The first kappa shape index (κ1) is 19.0. The molecule has 1 aliphatic rings. The molecule has 0 spiro atoms. The van der Waals surface area contributed by atoms with Crippen molar-refractivity contribution in [2.24, 2.45) is 5.92 Å². The maximum absolute atomic E-state index is 12.6. The Kier molecular flexibility index (Phi) is 5.53. The summed E-state index contributed by atoms with van der Waals surface area (Å²) < 4.78 is 42.8. The smallest absolute Gasteiger partial charge is 0.416 e. The molecule has 1 aliphatic heterocycles. The Balaban J connectivity index is 1.46. The molecule has 1 N–H and O–H groups in total. The third-order valence-corrected chi connectivity index (χ3v) is 4.63. The Morgan fingerprint density at radius 3 is 2.33 bits per heavy atom. The molecule has 2 amide bonds. The molecule has 27 heavy (non-hydrogen) atoms. The van der Waals surface area contributed by atoms with E-state index in [1.165, 1.54) is 18.4 Å². The van der Waals surface area contributed by atoms with Crippen LogP contribution in [0.15, 0.2) is 47.1 Å². The van der Waals surface area contributed by atoms with Crippen LogP contribution in [0.1, 0.15) is 34.5 Å². The van der Waals surface area contributed by atoms with Gasteiger partial charge < -0.3 is 14.6 Å². The van der Waals surface area contributed by atoms with Gasteiger partial charge in [-0.2, -0.15) is 13.2 Å². The molecule has 1 fully saturated rings. The number of carbonyl (C=O) groups is 2. The molecule has 8 heteroatoms. The van der Waals surface area contributed by atoms with E-state index in [1.54, 1.807) is 17.0 Å². The number of furan rings is 1. The third-order valence-electron chi connectivity index (χ3n) is 4.63. The van der Waals surface area contributed by atoms with Gasteiger partial charge in [0.15, 0.2) is 5.76 Å². The number of rotatable bonds is 4. The standard InChI is InChI=1S/C19H19F3N2O3/c20-19(21,22)15-5-3-13(4-6-15)12-23-17(25)14-7-9-24(10-8-14)18(26)16-2-1-11-27-16/h1-6,11,14H,7-10,12H2,(H,23,25). The number of nitrogens with zero attached hydrogens (tertiary/aromatic N) is 1. The minimum absolute atomic E-state index is 0.153. The maximum Gasteiger partial charge on any atom is 0.416 e. The number of nitrogens with one attached hydrogen (secondary N) is 1. The minimum Gasteiger partial charge on any atom is -0.459 e. The van der Waals surface area contributed by atoms with Crippen LogP contribution in [0.5, 0.6) is 0 Å². The van der Waals surface area contributed by atoms with Crippen LogP contribution in [0.25, 0.3) is 0 Å². The molecule has 2 heterocycles. The third kappa shape index (κ3) is 4.69. The van der Waals surface area contributed by atoms with E-state index < -0.39 is 11.7 Å². The monoisotopic (exact) mass is 380 g/mol. The van der Waals surface area contributed by atoms with Gasteiger partial charge in [-0.3, -0.25) is 9.59 Å². The first-order valence-electron chi connectivity index (χ1n) is 8.61. The highest BCUT2D eigenvalue weighted by molar-refractivity contribution is 5.91. The molecule has 2 aromatic rings. The number of likely N-dealkylation sites (tertiary alicyclic amines) is 1. The molecule has 1 saturated heterocycles. The maximum atomic E-state index is 12.6. The van der Waals surface area contributed by atoms with Gasteiger partial charge >= 0.3 is 6.18 Å². The van der Waals surface area contributed by atoms with Gasteiger partial charge in [-0.05, 0) is 42.7 Å². The summed E-state index contributed by atoms with van der Waals surface area (Å²) in [7, 11) is 0. The van der Waals surface area contributed by atoms with Crippen LogP contribution in [0, 0.1) is 5.92 Å². The molecule has 5 nitrogen and oxygen atoms in total. The lowest BCUT2D eigenvalue weighted by molar-refractivity contribution is -0.137. The number of benzene rings is 1. The highest BCUT2D eigenvalue weighted by Gasteiger charge is 2.30. The zero-order chi connectivity index (χ0) is 19.4. The van der Waals surface area contributed by atoms with Crippen LogP contribution >= 0.6 is 0 Å². The summed E-state index contributed by atoms with van der Waals surface area (Å²) in [6.07, 6.45) is -1.87. The van der Waals surface area contributed by atoms with E-state index in [0.717, 1.165) is 12.1 Å². The SMILES string of the molecule is O=C(NCc1ccc(C(F)(F)F)cc1)C1CCN(C(=O)c2ccco2)CC1. The Labute approximate surface area is 154 Å². The average Bonchev–Trinajstić information content (AvgIpc) is 3.20. The van der Waals surface area contributed by atoms with Gasteiger partial charge in [-0.1, -0.05) is 12.1 Å². The number of amides is 2. The van der Waals surface area contributed by atoms with Crippen molar-refractivity contribution in [3.8, 4) is 0 Å². The van der Waals surface area contributed by atoms with Crippen LogP contribution in [0.4, 0.5) is 13.2 Å². The Morgan fingerprint density at radius 2 is 1.78 bits per heavy atom. The molecule has 0 unspecified atom stereocenters. The fourth-order valence-corrected chi connectivity index (χ4v) is 3.05. The van der Waals surface area contributed by atoms with Crippen molar-refractivity contribution in [1.82, 2.24) is 10.2 Å². The van der Waals surface area contributed by atoms with Crippen molar-refractivity contribution in [3.05, 3.63) is 59.5 Å². The summed E-state index contributed by atoms with van der Waals surface area (Å²) in [6, 6.07) is 7.96. The largest absolute Gasteiger partial charge is 0.459 e. The highest BCUT2D eigenvalue weighted by Crippen LogP contribution is 2.29. The molecule has 0 radical (unpaired) electrons. The van der Waals surface area contributed by atoms with Gasteiger partial charge in [0.1, 0.15) is 0 Å². The molecule has 1 aromatic carbocycles. The first-order valence-corrected chi connectivity index (χ1v) is 8.61. The van der Waals surface area contributed by atoms with Crippen molar-refractivity contribution >= 4 is 11.8 Å². The number of halogens is 3. The van der Waals surface area contributed by atoms with Crippen molar-refractivity contribution < 1.29 is 27.2 Å². The molecule has 3 rings (SSSR count). The summed E-state index contributed by atoms with van der Waals surface area (Å²) in [5.41, 5.74) is -0.118. The molecular formula is C19H19F3N2O3. The molecule has 144 valence electrons. The predicted octanol–water partition coefficient (Wildman–Crippen LogP) is 3.47. The molecule has 0 bridgehead atoms. The van der Waals surface area contributed by atoms with Crippen LogP contribution in [0.2, 0.25) is 0 Å². The zero-order valence-electron chi connectivity index (χ0n) is 14.5. The zero-order valence-corrected chi connectivity index (χ0v) is 14.5. The van der Waals surface area contributed by atoms with Gasteiger partial charge in [-0.15, -0.1) is 0 Å². The number of piperidine rings is 1. The first-order chi connectivity index (χ1) is 12.8. The Hall–Kier alpha value is -2.77. The summed E-state index contributed by atoms with van der Waals surface area (Å²) in [5, 5.41) is 2.76. The summed E-state index contributed by atoms with van der Waals surface area (Å²) in [5.74, 6) is -0.288. The normalized spacial score (nSPS) is 15.6. The van der Waals surface area contributed by atoms with Crippen LogP contribution in [-0.4, -0.2) is 29.8 Å². The second-order valence-electron chi connectivity index (χ2n) is 6.46. The highest BCUT2D eigenvalue weighted by atomic mass is 19.4. The van der Waals surface area contributed by atoms with Crippen molar-refractivity contribution in [2.45, 2.75) is 25.6 Å². The summed E-state index contributed by atoms with van der Waals surface area (Å²) in [4.78, 5) is 26.1. The van der Waals surface area contributed by atoms with Gasteiger partial charge in [0, 0.05) is 25.6 Å². The quantitative estimate of drug-likeness (QED) is 0.884. The molecule has 0 saturated carbocycles. The van der Waals surface area contributed by atoms with E-state index in [-0.39, 0.29) is 30.0 Å². The lowest BCUT2D eigenvalue weighted by atomic mass is 9.95. The van der Waals surface area contributed by atoms with E-state index >= 15 is 0 Å².